The molecule has 3 heteroatoms. The normalized spacial score (nSPS) is 12.3. The van der Waals surface area contributed by atoms with E-state index in [1.165, 1.54) is 11.3 Å². The van der Waals surface area contributed by atoms with Crippen molar-refractivity contribution < 1.29 is 4.74 Å². The van der Waals surface area contributed by atoms with Crippen LogP contribution in [0.25, 0.3) is 0 Å². The molecule has 0 aliphatic carbocycles. The molecule has 0 aliphatic heterocycles. The van der Waals surface area contributed by atoms with Crippen molar-refractivity contribution in [1.29, 1.82) is 0 Å². The van der Waals surface area contributed by atoms with Crippen molar-refractivity contribution in [3.8, 4) is 5.75 Å². The first-order chi connectivity index (χ1) is 7.58. The maximum Gasteiger partial charge on any atom is 0.122 e. The number of benzene rings is 1. The van der Waals surface area contributed by atoms with Gasteiger partial charge in [0.2, 0.25) is 0 Å². The van der Waals surface area contributed by atoms with Crippen LogP contribution >= 0.6 is 0 Å². The van der Waals surface area contributed by atoms with Gasteiger partial charge in [0.1, 0.15) is 5.75 Å². The molecule has 90 valence electrons. The van der Waals surface area contributed by atoms with E-state index in [4.69, 9.17) is 10.5 Å². The Morgan fingerprint density at radius 2 is 2.00 bits per heavy atom. The van der Waals surface area contributed by atoms with Crippen LogP contribution in [0.2, 0.25) is 0 Å². The molecule has 1 atom stereocenters. The van der Waals surface area contributed by atoms with Crippen LogP contribution in [-0.4, -0.2) is 20.2 Å². The van der Waals surface area contributed by atoms with Gasteiger partial charge in [-0.25, -0.2) is 0 Å². The fourth-order valence-corrected chi connectivity index (χ4v) is 1.57. The van der Waals surface area contributed by atoms with Crippen molar-refractivity contribution in [2.45, 2.75) is 20.8 Å². The Morgan fingerprint density at radius 3 is 2.56 bits per heavy atom. The number of ether oxygens (including phenoxy) is 1. The molecule has 16 heavy (non-hydrogen) atoms. The zero-order valence-electron chi connectivity index (χ0n) is 10.6. The van der Waals surface area contributed by atoms with Gasteiger partial charge in [-0.15, -0.1) is 0 Å². The van der Waals surface area contributed by atoms with Gasteiger partial charge in [0.15, 0.2) is 0 Å². The van der Waals surface area contributed by atoms with Crippen molar-refractivity contribution >= 4 is 5.69 Å². The van der Waals surface area contributed by atoms with E-state index in [1.54, 1.807) is 7.11 Å². The molecule has 0 spiro atoms. The first-order valence-corrected chi connectivity index (χ1v) is 5.67. The van der Waals surface area contributed by atoms with E-state index in [0.717, 1.165) is 17.9 Å². The lowest BCUT2D eigenvalue weighted by Crippen LogP contribution is -2.20. The summed E-state index contributed by atoms with van der Waals surface area (Å²) in [6, 6.07) is 4.18. The van der Waals surface area contributed by atoms with Crippen molar-refractivity contribution in [2.24, 2.45) is 11.7 Å². The first-order valence-electron chi connectivity index (χ1n) is 5.67. The molecule has 3 nitrogen and oxygen atoms in total. The number of nitrogens with one attached hydrogen (secondary N) is 1. The molecule has 1 aromatic rings. The van der Waals surface area contributed by atoms with Gasteiger partial charge in [0.25, 0.3) is 0 Å². The molecule has 0 aliphatic rings. The summed E-state index contributed by atoms with van der Waals surface area (Å²) < 4.78 is 5.28. The van der Waals surface area contributed by atoms with Gasteiger partial charge in [0, 0.05) is 12.2 Å². The average Bonchev–Trinajstić information content (AvgIpc) is 2.29. The molecule has 3 N–H and O–H groups in total. The quantitative estimate of drug-likeness (QED) is 0.803. The molecule has 0 saturated heterocycles. The number of methoxy groups -OCH3 is 1. The number of rotatable bonds is 5. The van der Waals surface area contributed by atoms with Gasteiger partial charge >= 0.3 is 0 Å². The second kappa shape index (κ2) is 5.75. The highest BCUT2D eigenvalue weighted by Crippen LogP contribution is 2.25. The third-order valence-electron chi connectivity index (χ3n) is 2.79. The summed E-state index contributed by atoms with van der Waals surface area (Å²) in [5.41, 5.74) is 9.10. The molecule has 0 saturated carbocycles. The maximum absolute atomic E-state index is 5.59. The predicted molar refractivity (Wildman–Crippen MR) is 69.2 cm³/mol. The molecule has 1 rings (SSSR count). The fourth-order valence-electron chi connectivity index (χ4n) is 1.57. The molecule has 0 radical (unpaired) electrons. The summed E-state index contributed by atoms with van der Waals surface area (Å²) >= 11 is 0. The van der Waals surface area contributed by atoms with E-state index in [2.05, 4.69) is 38.2 Å². The molecule has 1 unspecified atom stereocenters. The lowest BCUT2D eigenvalue weighted by Gasteiger charge is -2.15. The topological polar surface area (TPSA) is 47.3 Å². The Balaban J connectivity index is 2.77. The van der Waals surface area contributed by atoms with Gasteiger partial charge in [0.05, 0.1) is 7.11 Å². The fraction of sp³-hybridized carbons (Fsp3) is 0.538. The summed E-state index contributed by atoms with van der Waals surface area (Å²) in [5, 5.41) is 3.42. The van der Waals surface area contributed by atoms with Crippen LogP contribution in [0.5, 0.6) is 5.75 Å². The van der Waals surface area contributed by atoms with E-state index < -0.39 is 0 Å². The minimum absolute atomic E-state index is 0.488. The third-order valence-corrected chi connectivity index (χ3v) is 2.79. The molecule has 1 aromatic carbocycles. The van der Waals surface area contributed by atoms with E-state index in [1.807, 2.05) is 0 Å². The molecular weight excluding hydrogens is 200 g/mol. The lowest BCUT2D eigenvalue weighted by atomic mass is 10.1. The summed E-state index contributed by atoms with van der Waals surface area (Å²) in [6.45, 7) is 7.89. The van der Waals surface area contributed by atoms with Crippen LogP contribution in [0.3, 0.4) is 0 Å². The minimum Gasteiger partial charge on any atom is -0.496 e. The third kappa shape index (κ3) is 3.14. The SMILES string of the molecule is COc1cc(C)c(NCC(C)CN)cc1C. The highest BCUT2D eigenvalue weighted by Gasteiger charge is 2.05. The summed E-state index contributed by atoms with van der Waals surface area (Å²) in [4.78, 5) is 0. The van der Waals surface area contributed by atoms with Crippen LogP contribution in [0, 0.1) is 19.8 Å². The molecule has 0 aromatic heterocycles. The van der Waals surface area contributed by atoms with Crippen LogP contribution in [0.15, 0.2) is 12.1 Å². The van der Waals surface area contributed by atoms with Crippen molar-refractivity contribution in [3.05, 3.63) is 23.3 Å². The number of hydrogen-bond donors (Lipinski definition) is 2. The van der Waals surface area contributed by atoms with Gasteiger partial charge in [-0.2, -0.15) is 0 Å². The van der Waals surface area contributed by atoms with Gasteiger partial charge in [-0.1, -0.05) is 6.92 Å². The van der Waals surface area contributed by atoms with Crippen LogP contribution in [-0.2, 0) is 0 Å². The Hall–Kier alpha value is -1.22. The summed E-state index contributed by atoms with van der Waals surface area (Å²) in [6.07, 6.45) is 0. The Labute approximate surface area is 98.0 Å². The predicted octanol–water partition coefficient (Wildman–Crippen LogP) is 2.32. The van der Waals surface area contributed by atoms with Crippen LogP contribution < -0.4 is 15.8 Å². The van der Waals surface area contributed by atoms with E-state index in [-0.39, 0.29) is 0 Å². The Bertz CT molecular complexity index is 350. The van der Waals surface area contributed by atoms with Crippen molar-refractivity contribution in [3.63, 3.8) is 0 Å². The minimum atomic E-state index is 0.488. The number of hydrogen-bond acceptors (Lipinski definition) is 3. The summed E-state index contributed by atoms with van der Waals surface area (Å²) in [7, 11) is 1.70. The molecule has 0 amide bonds. The standard InChI is InChI=1S/C13H22N2O/c1-9(7-14)8-15-12-5-11(3)13(16-4)6-10(12)2/h5-6,9,15H,7-8,14H2,1-4H3. The van der Waals surface area contributed by atoms with Gasteiger partial charge in [-0.3, -0.25) is 0 Å². The first kappa shape index (κ1) is 12.8. The molecule has 0 heterocycles. The van der Waals surface area contributed by atoms with Gasteiger partial charge < -0.3 is 15.8 Å². The summed E-state index contributed by atoms with van der Waals surface area (Å²) in [5.74, 6) is 1.43. The van der Waals surface area contributed by atoms with Crippen molar-refractivity contribution in [2.75, 3.05) is 25.5 Å². The van der Waals surface area contributed by atoms with E-state index >= 15 is 0 Å². The second-order valence-corrected chi connectivity index (χ2v) is 4.36. The smallest absolute Gasteiger partial charge is 0.122 e. The number of anilines is 1. The zero-order valence-corrected chi connectivity index (χ0v) is 10.6. The van der Waals surface area contributed by atoms with Crippen LogP contribution in [0.4, 0.5) is 5.69 Å². The molecule has 0 bridgehead atoms. The van der Waals surface area contributed by atoms with Crippen LogP contribution in [0.1, 0.15) is 18.1 Å². The largest absolute Gasteiger partial charge is 0.496 e. The number of nitrogens with two attached hydrogens (primary N) is 1. The molecular formula is C13H22N2O. The monoisotopic (exact) mass is 222 g/mol. The second-order valence-electron chi connectivity index (χ2n) is 4.36. The van der Waals surface area contributed by atoms with E-state index in [9.17, 15) is 0 Å². The van der Waals surface area contributed by atoms with E-state index in [0.29, 0.717) is 12.5 Å². The highest BCUT2D eigenvalue weighted by atomic mass is 16.5. The molecule has 0 fully saturated rings. The Morgan fingerprint density at radius 1 is 1.31 bits per heavy atom. The maximum atomic E-state index is 5.59. The number of aryl methyl sites for hydroxylation is 2. The zero-order chi connectivity index (χ0) is 12.1. The average molecular weight is 222 g/mol. The van der Waals surface area contributed by atoms with Gasteiger partial charge in [-0.05, 0) is 49.6 Å². The highest BCUT2D eigenvalue weighted by molar-refractivity contribution is 5.57. The lowest BCUT2D eigenvalue weighted by molar-refractivity contribution is 0.411. The Kier molecular flexibility index (Phi) is 4.62. The van der Waals surface area contributed by atoms with Crippen molar-refractivity contribution in [1.82, 2.24) is 0 Å².